The minimum absolute atomic E-state index is 0.585. The van der Waals surface area contributed by atoms with Crippen LogP contribution in [-0.2, 0) is 0 Å². The average Bonchev–Trinajstić information content (AvgIpc) is 3.05. The monoisotopic (exact) mass is 315 g/mol. The van der Waals surface area contributed by atoms with Gasteiger partial charge in [-0.2, -0.15) is 0 Å². The molecule has 23 heavy (non-hydrogen) atoms. The molecule has 0 aliphatic carbocycles. The Morgan fingerprint density at radius 3 is 2.65 bits per heavy atom. The molecule has 4 rings (SSSR count). The zero-order chi connectivity index (χ0) is 16.1. The molecule has 2 saturated heterocycles. The molecule has 2 unspecified atom stereocenters. The van der Waals surface area contributed by atoms with Crippen LogP contribution >= 0.6 is 0 Å². The van der Waals surface area contributed by atoms with Crippen molar-refractivity contribution in [2.45, 2.75) is 64.5 Å². The van der Waals surface area contributed by atoms with Gasteiger partial charge in [0.2, 0.25) is 0 Å². The fourth-order valence-electron chi connectivity index (χ4n) is 3.53. The third-order valence-corrected chi connectivity index (χ3v) is 4.96. The predicted molar refractivity (Wildman–Crippen MR) is 95.9 cm³/mol. The molecule has 0 amide bonds. The minimum Gasteiger partial charge on any atom is -0.353 e. The van der Waals surface area contributed by atoms with Gasteiger partial charge in [-0.25, -0.2) is 9.97 Å². The highest BCUT2D eigenvalue weighted by molar-refractivity contribution is 5.87. The molecular formula is C18H29N5. The number of rotatable bonds is 1. The van der Waals surface area contributed by atoms with Crippen molar-refractivity contribution in [1.82, 2.24) is 20.3 Å². The quantitative estimate of drug-likeness (QED) is 0.846. The Bertz CT molecular complexity index is 602. The lowest BCUT2D eigenvalue weighted by Crippen LogP contribution is -2.38. The van der Waals surface area contributed by atoms with E-state index < -0.39 is 0 Å². The van der Waals surface area contributed by atoms with Crippen LogP contribution in [0.2, 0.25) is 0 Å². The highest BCUT2D eigenvalue weighted by Crippen LogP contribution is 2.27. The van der Waals surface area contributed by atoms with E-state index in [4.69, 9.17) is 0 Å². The van der Waals surface area contributed by atoms with E-state index in [9.17, 15) is 0 Å². The summed E-state index contributed by atoms with van der Waals surface area (Å²) in [5.41, 5.74) is 0.933. The average molecular weight is 315 g/mol. The molecule has 5 nitrogen and oxygen atoms in total. The smallest absolute Gasteiger partial charge is 0.142 e. The van der Waals surface area contributed by atoms with Gasteiger partial charge in [0, 0.05) is 24.8 Å². The number of nitrogens with zero attached hydrogens (tertiary/aromatic N) is 3. The molecule has 2 aliphatic rings. The zero-order valence-corrected chi connectivity index (χ0v) is 14.4. The van der Waals surface area contributed by atoms with Crippen molar-refractivity contribution in [2.24, 2.45) is 0 Å². The van der Waals surface area contributed by atoms with Crippen LogP contribution < -0.4 is 10.2 Å². The van der Waals surface area contributed by atoms with Crippen LogP contribution in [0.15, 0.2) is 18.6 Å². The fourth-order valence-corrected chi connectivity index (χ4v) is 3.53. The first-order chi connectivity index (χ1) is 11.3. The summed E-state index contributed by atoms with van der Waals surface area (Å²) in [6, 6.07) is 3.43. The molecule has 2 fully saturated rings. The molecule has 0 spiro atoms. The van der Waals surface area contributed by atoms with Gasteiger partial charge < -0.3 is 15.2 Å². The summed E-state index contributed by atoms with van der Waals surface area (Å²) >= 11 is 0. The number of hydrogen-bond acceptors (Lipinski definition) is 4. The van der Waals surface area contributed by atoms with Crippen molar-refractivity contribution in [3.8, 4) is 0 Å². The van der Waals surface area contributed by atoms with E-state index in [1.54, 1.807) is 6.33 Å². The van der Waals surface area contributed by atoms with Gasteiger partial charge in [0.1, 0.15) is 17.8 Å². The molecule has 2 aliphatic heterocycles. The molecule has 2 N–H and O–H groups in total. The van der Waals surface area contributed by atoms with Crippen molar-refractivity contribution < 1.29 is 0 Å². The molecule has 0 bridgehead atoms. The summed E-state index contributed by atoms with van der Waals surface area (Å²) in [5.74, 6) is 1.08. The molecular weight excluding hydrogens is 286 g/mol. The maximum atomic E-state index is 4.45. The largest absolute Gasteiger partial charge is 0.353 e. The zero-order valence-electron chi connectivity index (χ0n) is 14.4. The summed E-state index contributed by atoms with van der Waals surface area (Å²) < 4.78 is 0. The van der Waals surface area contributed by atoms with Gasteiger partial charge in [-0.3, -0.25) is 0 Å². The van der Waals surface area contributed by atoms with Crippen molar-refractivity contribution in [2.75, 3.05) is 18.0 Å². The Hall–Kier alpha value is -1.62. The van der Waals surface area contributed by atoms with Crippen LogP contribution in [0.3, 0.4) is 0 Å². The van der Waals surface area contributed by atoms with Crippen molar-refractivity contribution in [3.05, 3.63) is 18.6 Å². The predicted octanol–water partition coefficient (Wildman–Crippen LogP) is 3.49. The number of aromatic nitrogens is 3. The molecule has 2 atom stereocenters. The third kappa shape index (κ3) is 4.02. The fraction of sp³-hybridized carbons (Fsp3) is 0.667. The molecule has 5 heteroatoms. The first-order valence-electron chi connectivity index (χ1n) is 9.04. The number of nitrogens with one attached hydrogen (secondary N) is 2. The minimum atomic E-state index is 0.585. The van der Waals surface area contributed by atoms with Crippen molar-refractivity contribution in [3.63, 3.8) is 0 Å². The number of aromatic amines is 1. The van der Waals surface area contributed by atoms with Crippen LogP contribution in [0.1, 0.15) is 52.4 Å². The number of piperidine rings is 2. The second kappa shape index (κ2) is 7.77. The normalized spacial score (nSPS) is 25.0. The van der Waals surface area contributed by atoms with E-state index >= 15 is 0 Å². The molecule has 0 radical (unpaired) electrons. The number of hydrogen-bond donors (Lipinski definition) is 2. The Kier molecular flexibility index (Phi) is 5.49. The summed E-state index contributed by atoms with van der Waals surface area (Å²) in [5, 5.41) is 4.52. The van der Waals surface area contributed by atoms with E-state index in [1.165, 1.54) is 45.1 Å². The van der Waals surface area contributed by atoms with Gasteiger partial charge in [-0.15, -0.1) is 0 Å². The van der Waals surface area contributed by atoms with Gasteiger partial charge >= 0.3 is 0 Å². The maximum Gasteiger partial charge on any atom is 0.142 e. The lowest BCUT2D eigenvalue weighted by Gasteiger charge is -2.34. The van der Waals surface area contributed by atoms with Gasteiger partial charge in [-0.1, -0.05) is 6.42 Å². The van der Waals surface area contributed by atoms with Crippen molar-refractivity contribution >= 4 is 16.9 Å². The van der Waals surface area contributed by atoms with E-state index in [0.717, 1.165) is 29.4 Å². The van der Waals surface area contributed by atoms with E-state index in [2.05, 4.69) is 45.1 Å². The molecule has 4 heterocycles. The molecule has 126 valence electrons. The lowest BCUT2D eigenvalue weighted by molar-refractivity contribution is 0.425. The lowest BCUT2D eigenvalue weighted by atomic mass is 10.0. The SMILES string of the molecule is CC1CCCCN1.CC1CCCCN1c1ncnc2[nH]ccc12. The molecule has 0 aromatic carbocycles. The van der Waals surface area contributed by atoms with Gasteiger partial charge in [0.15, 0.2) is 0 Å². The van der Waals surface area contributed by atoms with Gasteiger partial charge in [-0.05, 0) is 58.6 Å². The maximum absolute atomic E-state index is 4.45. The second-order valence-corrected chi connectivity index (χ2v) is 6.83. The van der Waals surface area contributed by atoms with E-state index in [-0.39, 0.29) is 0 Å². The first kappa shape index (κ1) is 16.2. The number of anilines is 1. The Morgan fingerprint density at radius 2 is 1.96 bits per heavy atom. The molecule has 0 saturated carbocycles. The van der Waals surface area contributed by atoms with Crippen LogP contribution in [-0.4, -0.2) is 40.1 Å². The topological polar surface area (TPSA) is 56.8 Å². The highest BCUT2D eigenvalue weighted by atomic mass is 15.2. The molecule has 2 aromatic rings. The summed E-state index contributed by atoms with van der Waals surface area (Å²) in [6.07, 6.45) is 11.6. The van der Waals surface area contributed by atoms with Crippen LogP contribution in [0.5, 0.6) is 0 Å². The van der Waals surface area contributed by atoms with Crippen LogP contribution in [0.25, 0.3) is 11.0 Å². The highest BCUT2D eigenvalue weighted by Gasteiger charge is 2.21. The molecule has 2 aromatic heterocycles. The van der Waals surface area contributed by atoms with Crippen LogP contribution in [0.4, 0.5) is 5.82 Å². The van der Waals surface area contributed by atoms with Crippen molar-refractivity contribution in [1.29, 1.82) is 0 Å². The third-order valence-electron chi connectivity index (χ3n) is 4.96. The summed E-state index contributed by atoms with van der Waals surface area (Å²) in [6.45, 7) is 6.87. The Labute approximate surface area is 138 Å². The van der Waals surface area contributed by atoms with Crippen LogP contribution in [0, 0.1) is 0 Å². The van der Waals surface area contributed by atoms with Gasteiger partial charge in [0.05, 0.1) is 5.39 Å². The first-order valence-corrected chi connectivity index (χ1v) is 9.04. The number of H-pyrrole nitrogens is 1. The summed E-state index contributed by atoms with van der Waals surface area (Å²) in [4.78, 5) is 14.2. The van der Waals surface area contributed by atoms with E-state index in [1.807, 2.05) is 6.20 Å². The summed E-state index contributed by atoms with van der Waals surface area (Å²) in [7, 11) is 0. The van der Waals surface area contributed by atoms with Gasteiger partial charge in [0.25, 0.3) is 0 Å². The standard InChI is InChI=1S/C12H16N4.C6H13N/c1-9-4-2-3-7-16(9)12-10-5-6-13-11(10)14-8-15-12;1-6-4-2-3-5-7-6/h5-6,8-9H,2-4,7H2,1H3,(H,13,14,15);6-7H,2-5H2,1H3. The second-order valence-electron chi connectivity index (χ2n) is 6.83. The number of fused-ring (bicyclic) bond motifs is 1. The van der Waals surface area contributed by atoms with E-state index in [0.29, 0.717) is 6.04 Å². The Balaban J connectivity index is 0.000000188. The Morgan fingerprint density at radius 1 is 1.09 bits per heavy atom.